The Labute approximate surface area is 99.4 Å². The molecule has 86 valence electrons. The first-order chi connectivity index (χ1) is 8.07. The van der Waals surface area contributed by atoms with Crippen LogP contribution < -0.4 is 0 Å². The Morgan fingerprint density at radius 3 is 2.65 bits per heavy atom. The maximum Gasteiger partial charge on any atom is 0.258 e. The minimum absolute atomic E-state index is 0.0446. The van der Waals surface area contributed by atoms with Crippen molar-refractivity contribution in [1.82, 2.24) is 10.1 Å². The van der Waals surface area contributed by atoms with Gasteiger partial charge in [0, 0.05) is 17.0 Å². The second-order valence-corrected chi connectivity index (χ2v) is 5.31. The van der Waals surface area contributed by atoms with Crippen molar-refractivity contribution in [3.05, 3.63) is 36.2 Å². The average Bonchev–Trinajstić information content (AvgIpc) is 2.72. The zero-order valence-corrected chi connectivity index (χ0v) is 10.2. The van der Waals surface area contributed by atoms with Crippen LogP contribution in [0.15, 0.2) is 35.0 Å². The molecule has 0 saturated heterocycles. The molecule has 1 aromatic carbocycles. The second-order valence-electron chi connectivity index (χ2n) is 5.31. The Kier molecular flexibility index (Phi) is 1.99. The summed E-state index contributed by atoms with van der Waals surface area (Å²) in [6.07, 6.45) is 1.83. The number of hydrogen-bond acceptors (Lipinski definition) is 3. The van der Waals surface area contributed by atoms with Gasteiger partial charge in [-0.25, -0.2) is 4.98 Å². The Morgan fingerprint density at radius 2 is 1.88 bits per heavy atom. The van der Waals surface area contributed by atoms with Gasteiger partial charge in [-0.2, -0.15) is 0 Å². The van der Waals surface area contributed by atoms with Gasteiger partial charge >= 0.3 is 0 Å². The van der Waals surface area contributed by atoms with Crippen molar-refractivity contribution in [2.75, 3.05) is 0 Å². The molecule has 3 nitrogen and oxygen atoms in total. The maximum absolute atomic E-state index is 5.32. The molecule has 17 heavy (non-hydrogen) atoms. The predicted molar refractivity (Wildman–Crippen MR) is 68.0 cm³/mol. The van der Waals surface area contributed by atoms with Gasteiger partial charge in [-0.3, -0.25) is 0 Å². The van der Waals surface area contributed by atoms with Crippen LogP contribution in [0, 0.1) is 0 Å². The van der Waals surface area contributed by atoms with Crippen LogP contribution in [0.5, 0.6) is 0 Å². The maximum atomic E-state index is 5.32. The zero-order chi connectivity index (χ0) is 12.0. The molecule has 0 unspecified atom stereocenters. The van der Waals surface area contributed by atoms with E-state index in [0.29, 0.717) is 5.71 Å². The summed E-state index contributed by atoms with van der Waals surface area (Å²) in [6.45, 7) is 6.39. The van der Waals surface area contributed by atoms with Gasteiger partial charge in [0.05, 0.1) is 11.1 Å². The van der Waals surface area contributed by atoms with Crippen LogP contribution in [0.4, 0.5) is 0 Å². The number of rotatable bonds is 0. The van der Waals surface area contributed by atoms with Crippen molar-refractivity contribution < 1.29 is 4.52 Å². The summed E-state index contributed by atoms with van der Waals surface area (Å²) in [5.41, 5.74) is 1.54. The third-order valence-electron chi connectivity index (χ3n) is 2.94. The van der Waals surface area contributed by atoms with Crippen LogP contribution in [0.2, 0.25) is 0 Å². The normalized spacial score (nSPS) is 12.4. The number of aromatic nitrogens is 2. The van der Waals surface area contributed by atoms with Crippen LogP contribution in [-0.2, 0) is 5.41 Å². The summed E-state index contributed by atoms with van der Waals surface area (Å²) in [5, 5.41) is 7.49. The van der Waals surface area contributed by atoms with Gasteiger partial charge in [0.1, 0.15) is 0 Å². The predicted octanol–water partition coefficient (Wildman–Crippen LogP) is 3.67. The number of pyridine rings is 1. The molecular formula is C14H14N2O. The summed E-state index contributed by atoms with van der Waals surface area (Å²) in [4.78, 5) is 4.31. The first kappa shape index (κ1) is 10.3. The highest BCUT2D eigenvalue weighted by Crippen LogP contribution is 2.33. The molecule has 0 amide bonds. The van der Waals surface area contributed by atoms with Crippen LogP contribution in [0.3, 0.4) is 0 Å². The number of fused-ring (bicyclic) bond motifs is 3. The van der Waals surface area contributed by atoms with Crippen LogP contribution in [0.25, 0.3) is 21.9 Å². The van der Waals surface area contributed by atoms with Gasteiger partial charge in [-0.15, -0.1) is 0 Å². The Balaban J connectivity index is 2.51. The highest BCUT2D eigenvalue weighted by Gasteiger charge is 2.23. The van der Waals surface area contributed by atoms with Gasteiger partial charge in [-0.05, 0) is 5.39 Å². The Bertz CT molecular complexity index is 692. The number of benzene rings is 1. The summed E-state index contributed by atoms with van der Waals surface area (Å²) in [7, 11) is 0. The van der Waals surface area contributed by atoms with E-state index in [2.05, 4.69) is 43.0 Å². The third kappa shape index (κ3) is 1.50. The minimum atomic E-state index is -0.0446. The van der Waals surface area contributed by atoms with E-state index in [0.717, 1.165) is 21.9 Å². The molecule has 0 aliphatic heterocycles. The molecule has 3 rings (SSSR count). The topological polar surface area (TPSA) is 38.9 Å². The average molecular weight is 226 g/mol. The third-order valence-corrected chi connectivity index (χ3v) is 2.94. The van der Waals surface area contributed by atoms with Gasteiger partial charge in [0.15, 0.2) is 0 Å². The van der Waals surface area contributed by atoms with E-state index in [-0.39, 0.29) is 5.41 Å². The van der Waals surface area contributed by atoms with Gasteiger partial charge in [0.25, 0.3) is 5.71 Å². The summed E-state index contributed by atoms with van der Waals surface area (Å²) >= 11 is 0. The molecule has 3 aromatic rings. The SMILES string of the molecule is CC(C)(C)c1noc2ncc3ccccc3c12. The lowest BCUT2D eigenvalue weighted by Crippen LogP contribution is -2.11. The molecule has 3 heteroatoms. The smallest absolute Gasteiger partial charge is 0.258 e. The molecule has 2 aromatic heterocycles. The fourth-order valence-electron chi connectivity index (χ4n) is 2.09. The van der Waals surface area contributed by atoms with E-state index < -0.39 is 0 Å². The Hall–Kier alpha value is -1.90. The summed E-state index contributed by atoms with van der Waals surface area (Å²) in [6, 6.07) is 8.19. The van der Waals surface area contributed by atoms with E-state index in [1.54, 1.807) is 0 Å². The molecule has 0 aliphatic carbocycles. The highest BCUT2D eigenvalue weighted by atomic mass is 16.5. The van der Waals surface area contributed by atoms with Crippen molar-refractivity contribution in [2.45, 2.75) is 26.2 Å². The van der Waals surface area contributed by atoms with Gasteiger partial charge in [0.2, 0.25) is 0 Å². The molecule has 0 fully saturated rings. The minimum Gasteiger partial charge on any atom is -0.335 e. The van der Waals surface area contributed by atoms with Crippen LogP contribution in [-0.4, -0.2) is 10.1 Å². The van der Waals surface area contributed by atoms with E-state index in [9.17, 15) is 0 Å². The fraction of sp³-hybridized carbons (Fsp3) is 0.286. The van der Waals surface area contributed by atoms with Crippen molar-refractivity contribution >= 4 is 21.9 Å². The summed E-state index contributed by atoms with van der Waals surface area (Å²) in [5.74, 6) is 0. The second kappa shape index (κ2) is 3.29. The molecule has 0 spiro atoms. The fourth-order valence-corrected chi connectivity index (χ4v) is 2.09. The van der Waals surface area contributed by atoms with E-state index in [4.69, 9.17) is 4.52 Å². The molecule has 0 bridgehead atoms. The lowest BCUT2D eigenvalue weighted by atomic mass is 9.89. The molecule has 0 radical (unpaired) electrons. The number of nitrogens with zero attached hydrogens (tertiary/aromatic N) is 2. The quantitative estimate of drug-likeness (QED) is 0.587. The highest BCUT2D eigenvalue weighted by molar-refractivity contribution is 6.05. The molecular weight excluding hydrogens is 212 g/mol. The molecule has 0 N–H and O–H groups in total. The molecule has 2 heterocycles. The monoisotopic (exact) mass is 226 g/mol. The first-order valence-electron chi connectivity index (χ1n) is 5.71. The summed E-state index contributed by atoms with van der Waals surface area (Å²) < 4.78 is 5.32. The van der Waals surface area contributed by atoms with Crippen molar-refractivity contribution in [3.63, 3.8) is 0 Å². The molecule has 0 aliphatic rings. The van der Waals surface area contributed by atoms with Gasteiger partial charge < -0.3 is 4.52 Å². The van der Waals surface area contributed by atoms with Crippen molar-refractivity contribution in [1.29, 1.82) is 0 Å². The van der Waals surface area contributed by atoms with E-state index >= 15 is 0 Å². The standard InChI is InChI=1S/C14H14N2O/c1-14(2,3)12-11-10-7-5-4-6-9(10)8-15-13(11)17-16-12/h4-8H,1-3H3. The molecule has 0 atom stereocenters. The number of hydrogen-bond donors (Lipinski definition) is 0. The van der Waals surface area contributed by atoms with Crippen molar-refractivity contribution in [2.24, 2.45) is 0 Å². The van der Waals surface area contributed by atoms with Crippen LogP contribution >= 0.6 is 0 Å². The zero-order valence-electron chi connectivity index (χ0n) is 10.2. The Morgan fingerprint density at radius 1 is 1.12 bits per heavy atom. The lowest BCUT2D eigenvalue weighted by Gasteiger charge is -2.14. The van der Waals surface area contributed by atoms with Gasteiger partial charge in [-0.1, -0.05) is 50.2 Å². The van der Waals surface area contributed by atoms with Crippen LogP contribution in [0.1, 0.15) is 26.5 Å². The van der Waals surface area contributed by atoms with Crippen molar-refractivity contribution in [3.8, 4) is 0 Å². The molecule has 0 saturated carbocycles. The van der Waals surface area contributed by atoms with E-state index in [1.165, 1.54) is 0 Å². The first-order valence-corrected chi connectivity index (χ1v) is 5.71. The largest absolute Gasteiger partial charge is 0.335 e. The lowest BCUT2D eigenvalue weighted by molar-refractivity contribution is 0.414. The van der Waals surface area contributed by atoms with E-state index in [1.807, 2.05) is 18.3 Å².